The fourth-order valence-corrected chi connectivity index (χ4v) is 2.31. The molecule has 0 saturated heterocycles. The van der Waals surface area contributed by atoms with Crippen LogP contribution in [-0.2, 0) is 0 Å². The van der Waals surface area contributed by atoms with Crippen molar-refractivity contribution in [2.75, 3.05) is 0 Å². The van der Waals surface area contributed by atoms with Crippen LogP contribution >= 0.6 is 0 Å². The van der Waals surface area contributed by atoms with Gasteiger partial charge in [0.05, 0.1) is 0 Å². The van der Waals surface area contributed by atoms with Gasteiger partial charge in [-0.05, 0) is 31.6 Å². The Morgan fingerprint density at radius 1 is 1.31 bits per heavy atom. The molecule has 0 radical (unpaired) electrons. The lowest BCUT2D eigenvalue weighted by molar-refractivity contribution is 0.344. The van der Waals surface area contributed by atoms with Crippen molar-refractivity contribution in [3.63, 3.8) is 0 Å². The van der Waals surface area contributed by atoms with Crippen molar-refractivity contribution in [1.29, 1.82) is 0 Å². The summed E-state index contributed by atoms with van der Waals surface area (Å²) < 4.78 is 0. The number of hydrogen-bond acceptors (Lipinski definition) is 0. The van der Waals surface area contributed by atoms with Crippen molar-refractivity contribution in [2.45, 2.75) is 65.7 Å². The fraction of sp³-hybridized carbons (Fsp3) is 0.846. The Bertz CT molecular complexity index is 178. The maximum atomic E-state index is 2.44. The highest BCUT2D eigenvalue weighted by Crippen LogP contribution is 2.42. The van der Waals surface area contributed by atoms with Crippen molar-refractivity contribution in [2.24, 2.45) is 5.41 Å². The first-order chi connectivity index (χ1) is 6.19. The average molecular weight is 180 g/mol. The second-order valence-corrected chi connectivity index (χ2v) is 4.80. The summed E-state index contributed by atoms with van der Waals surface area (Å²) >= 11 is 0. The summed E-state index contributed by atoms with van der Waals surface area (Å²) in [5.74, 6) is 0. The number of rotatable bonds is 5. The van der Waals surface area contributed by atoms with E-state index in [1.165, 1.54) is 44.9 Å². The predicted octanol–water partition coefficient (Wildman–Crippen LogP) is 4.70. The minimum absolute atomic E-state index is 0.563. The molecule has 0 aromatic rings. The van der Waals surface area contributed by atoms with E-state index >= 15 is 0 Å². The van der Waals surface area contributed by atoms with Gasteiger partial charge in [0, 0.05) is 0 Å². The van der Waals surface area contributed by atoms with Gasteiger partial charge in [-0.3, -0.25) is 0 Å². The highest BCUT2D eigenvalue weighted by molar-refractivity contribution is 5.16. The van der Waals surface area contributed by atoms with E-state index in [1.807, 2.05) is 0 Å². The second kappa shape index (κ2) is 4.83. The number of hydrogen-bond donors (Lipinski definition) is 0. The lowest BCUT2D eigenvalue weighted by Gasteiger charge is -2.26. The molecule has 0 amide bonds. The quantitative estimate of drug-likeness (QED) is 0.425. The molecule has 0 aromatic carbocycles. The van der Waals surface area contributed by atoms with Crippen molar-refractivity contribution >= 4 is 0 Å². The zero-order valence-corrected chi connectivity index (χ0v) is 9.53. The molecule has 0 aliphatic heterocycles. The Kier molecular flexibility index (Phi) is 4.02. The molecule has 0 N–H and O–H groups in total. The molecule has 0 nitrogen and oxygen atoms in total. The Morgan fingerprint density at radius 3 is 2.62 bits per heavy atom. The van der Waals surface area contributed by atoms with Crippen LogP contribution in [0, 0.1) is 5.41 Å². The highest BCUT2D eigenvalue weighted by Gasteiger charge is 2.28. The molecule has 1 rings (SSSR count). The molecule has 0 heteroatoms. The summed E-state index contributed by atoms with van der Waals surface area (Å²) in [7, 11) is 0. The van der Waals surface area contributed by atoms with E-state index in [4.69, 9.17) is 0 Å². The van der Waals surface area contributed by atoms with Crippen LogP contribution < -0.4 is 0 Å². The molecule has 0 fully saturated rings. The third-order valence-electron chi connectivity index (χ3n) is 3.68. The summed E-state index contributed by atoms with van der Waals surface area (Å²) in [5.41, 5.74) is 2.21. The Labute approximate surface area is 83.4 Å². The minimum Gasteiger partial charge on any atom is -0.0850 e. The van der Waals surface area contributed by atoms with E-state index in [0.717, 1.165) is 0 Å². The summed E-state index contributed by atoms with van der Waals surface area (Å²) in [6.45, 7) is 7.03. The molecular formula is C13H24. The summed E-state index contributed by atoms with van der Waals surface area (Å²) in [5, 5.41) is 0. The Balaban J connectivity index is 2.23. The number of unbranched alkanes of at least 4 members (excludes halogenated alkanes) is 3. The van der Waals surface area contributed by atoms with Gasteiger partial charge < -0.3 is 0 Å². The van der Waals surface area contributed by atoms with E-state index < -0.39 is 0 Å². The van der Waals surface area contributed by atoms with Gasteiger partial charge in [0.2, 0.25) is 0 Å². The Hall–Kier alpha value is -0.260. The average Bonchev–Trinajstić information content (AvgIpc) is 2.42. The van der Waals surface area contributed by atoms with Gasteiger partial charge in [-0.15, -0.1) is 0 Å². The van der Waals surface area contributed by atoms with Gasteiger partial charge in [0.15, 0.2) is 0 Å². The van der Waals surface area contributed by atoms with Crippen LogP contribution in [0.4, 0.5) is 0 Å². The summed E-state index contributed by atoms with van der Waals surface area (Å²) in [6.07, 6.45) is 12.2. The molecule has 0 unspecified atom stereocenters. The topological polar surface area (TPSA) is 0 Å². The Morgan fingerprint density at radius 2 is 2.08 bits per heavy atom. The van der Waals surface area contributed by atoms with E-state index in [-0.39, 0.29) is 0 Å². The van der Waals surface area contributed by atoms with E-state index in [9.17, 15) is 0 Å². The SMILES string of the molecule is CCCCCC[C@@]1(C)CCC=C1C. The van der Waals surface area contributed by atoms with Crippen molar-refractivity contribution in [3.8, 4) is 0 Å². The first-order valence-electron chi connectivity index (χ1n) is 5.86. The van der Waals surface area contributed by atoms with E-state index in [1.54, 1.807) is 5.57 Å². The molecule has 0 heterocycles. The van der Waals surface area contributed by atoms with E-state index in [2.05, 4.69) is 26.8 Å². The van der Waals surface area contributed by atoms with Crippen molar-refractivity contribution < 1.29 is 0 Å². The first-order valence-corrected chi connectivity index (χ1v) is 5.86. The molecule has 1 aliphatic carbocycles. The van der Waals surface area contributed by atoms with Crippen molar-refractivity contribution in [1.82, 2.24) is 0 Å². The molecule has 0 aromatic heterocycles. The van der Waals surface area contributed by atoms with Crippen molar-refractivity contribution in [3.05, 3.63) is 11.6 Å². The smallest absolute Gasteiger partial charge is 0.0116 e. The fourth-order valence-electron chi connectivity index (χ4n) is 2.31. The number of allylic oxidation sites excluding steroid dienone is 2. The molecule has 1 atom stereocenters. The van der Waals surface area contributed by atoms with Gasteiger partial charge in [-0.25, -0.2) is 0 Å². The van der Waals surface area contributed by atoms with Crippen LogP contribution in [0.15, 0.2) is 11.6 Å². The highest BCUT2D eigenvalue weighted by atomic mass is 14.3. The summed E-state index contributed by atoms with van der Waals surface area (Å²) in [4.78, 5) is 0. The molecule has 0 saturated carbocycles. The van der Waals surface area contributed by atoms with Gasteiger partial charge in [0.25, 0.3) is 0 Å². The zero-order chi connectivity index (χ0) is 9.73. The lowest BCUT2D eigenvalue weighted by Crippen LogP contribution is -2.13. The minimum atomic E-state index is 0.563. The maximum absolute atomic E-state index is 2.44. The summed E-state index contributed by atoms with van der Waals surface area (Å²) in [6, 6.07) is 0. The van der Waals surface area contributed by atoms with Crippen LogP contribution in [0.2, 0.25) is 0 Å². The third kappa shape index (κ3) is 2.86. The maximum Gasteiger partial charge on any atom is -0.0116 e. The predicted molar refractivity (Wildman–Crippen MR) is 59.9 cm³/mol. The molecule has 1 aliphatic rings. The third-order valence-corrected chi connectivity index (χ3v) is 3.68. The van der Waals surface area contributed by atoms with Crippen LogP contribution in [0.1, 0.15) is 65.7 Å². The van der Waals surface area contributed by atoms with E-state index in [0.29, 0.717) is 5.41 Å². The van der Waals surface area contributed by atoms with Crippen LogP contribution in [-0.4, -0.2) is 0 Å². The van der Waals surface area contributed by atoms with Crippen LogP contribution in [0.25, 0.3) is 0 Å². The lowest BCUT2D eigenvalue weighted by atomic mass is 9.79. The molecule has 0 spiro atoms. The molecule has 13 heavy (non-hydrogen) atoms. The van der Waals surface area contributed by atoms with Crippen LogP contribution in [0.3, 0.4) is 0 Å². The van der Waals surface area contributed by atoms with Gasteiger partial charge in [-0.2, -0.15) is 0 Å². The molecule has 76 valence electrons. The van der Waals surface area contributed by atoms with Gasteiger partial charge >= 0.3 is 0 Å². The molecule has 0 bridgehead atoms. The second-order valence-electron chi connectivity index (χ2n) is 4.80. The zero-order valence-electron chi connectivity index (χ0n) is 9.53. The van der Waals surface area contributed by atoms with Crippen LogP contribution in [0.5, 0.6) is 0 Å². The monoisotopic (exact) mass is 180 g/mol. The molecular weight excluding hydrogens is 156 g/mol. The standard InChI is InChI=1S/C13H24/c1-4-5-6-7-10-13(3)11-8-9-12(13)2/h9H,4-8,10-11H2,1-3H3/t13-/m0/s1. The van der Waals surface area contributed by atoms with Gasteiger partial charge in [-0.1, -0.05) is 51.2 Å². The normalized spacial score (nSPS) is 27.8. The first kappa shape index (κ1) is 10.8. The van der Waals surface area contributed by atoms with Gasteiger partial charge in [0.1, 0.15) is 0 Å². The largest absolute Gasteiger partial charge is 0.0850 e.